The second kappa shape index (κ2) is 8.92. The van der Waals surface area contributed by atoms with Crippen molar-refractivity contribution in [3.8, 4) is 0 Å². The zero-order chi connectivity index (χ0) is 25.6. The number of nitrogens with two attached hydrogens (primary N) is 2. The number of hydrogen-bond donors (Lipinski definition) is 3. The summed E-state index contributed by atoms with van der Waals surface area (Å²) in [6, 6.07) is 9.95. The average molecular weight is 509 g/mol. The summed E-state index contributed by atoms with van der Waals surface area (Å²) in [5.74, 6) is -1.97. The van der Waals surface area contributed by atoms with Crippen molar-refractivity contribution in [2.75, 3.05) is 5.73 Å². The summed E-state index contributed by atoms with van der Waals surface area (Å²) >= 11 is 6.41. The lowest BCUT2D eigenvalue weighted by atomic mass is 9.69. The van der Waals surface area contributed by atoms with Crippen LogP contribution in [0.15, 0.2) is 64.6 Å². The highest BCUT2D eigenvalue weighted by Crippen LogP contribution is 2.49. The number of carboxylic acids is 1. The summed E-state index contributed by atoms with van der Waals surface area (Å²) in [5.41, 5.74) is 7.94. The molecule has 5 N–H and O–H groups in total. The van der Waals surface area contributed by atoms with Crippen molar-refractivity contribution in [2.45, 2.75) is 19.9 Å². The maximum atomic E-state index is 14.9. The molecule has 3 aromatic rings. The van der Waals surface area contributed by atoms with Crippen LogP contribution < -0.4 is 11.1 Å². The van der Waals surface area contributed by atoms with Crippen LogP contribution in [0.4, 0.5) is 26.2 Å². The van der Waals surface area contributed by atoms with Crippen LogP contribution in [0.25, 0.3) is 5.57 Å². The Kier molecular flexibility index (Phi) is 5.89. The van der Waals surface area contributed by atoms with Gasteiger partial charge in [-0.15, -0.1) is 0 Å². The molecule has 2 aromatic carbocycles. The third kappa shape index (κ3) is 4.06. The van der Waals surface area contributed by atoms with Crippen LogP contribution in [0.5, 0.6) is 0 Å². The number of nitrogens with zero attached hydrogens (tertiary/aromatic N) is 3. The minimum Gasteiger partial charge on any atom is -0.478 e. The Morgan fingerprint density at radius 1 is 1.11 bits per heavy atom. The van der Waals surface area contributed by atoms with E-state index in [1.165, 1.54) is 30.3 Å². The van der Waals surface area contributed by atoms with Crippen molar-refractivity contribution in [1.82, 2.24) is 9.97 Å². The van der Waals surface area contributed by atoms with E-state index in [0.29, 0.717) is 33.5 Å². The number of aromatic nitrogens is 2. The molecule has 1 aliphatic heterocycles. The van der Waals surface area contributed by atoms with Crippen LogP contribution in [0.3, 0.4) is 0 Å². The number of aromatic carboxylic acids is 1. The lowest BCUT2D eigenvalue weighted by Gasteiger charge is -2.35. The zero-order valence-corrected chi connectivity index (χ0v) is 19.9. The summed E-state index contributed by atoms with van der Waals surface area (Å²) in [6.45, 7) is 1.86. The minimum absolute atomic E-state index is 0.0302. The van der Waals surface area contributed by atoms with E-state index >= 15 is 0 Å². The number of benzene rings is 2. The molecule has 0 spiro atoms. The van der Waals surface area contributed by atoms with Crippen molar-refractivity contribution in [3.05, 3.63) is 93.7 Å². The number of hydrogen-bond acceptors (Lipinski definition) is 5. The number of aliphatic imine (C=N–C) groups is 1. The molecule has 1 unspecified atom stereocenters. The number of halogens is 3. The van der Waals surface area contributed by atoms with Gasteiger partial charge in [0.1, 0.15) is 23.1 Å². The number of quaternary nitrogens is 1. The van der Waals surface area contributed by atoms with Gasteiger partial charge in [-0.2, -0.15) is 9.97 Å². The molecule has 0 amide bonds. The SMILES string of the molecule is CC12CC(Cl)=CC=C1c1nc([NH2+]c3ccc(C(=O)O)cc3)nc(N)c1CN=C2c1c(F)cccc1F. The third-order valence-electron chi connectivity index (χ3n) is 6.43. The van der Waals surface area contributed by atoms with E-state index in [4.69, 9.17) is 27.4 Å². The van der Waals surface area contributed by atoms with Gasteiger partial charge in [-0.3, -0.25) is 4.99 Å². The van der Waals surface area contributed by atoms with Gasteiger partial charge in [-0.05, 0) is 49.3 Å². The molecule has 0 saturated carbocycles. The first kappa shape index (κ1) is 23.8. The Hall–Kier alpha value is -3.95. The molecule has 1 aliphatic carbocycles. The number of carbonyl (C=O) groups is 1. The first-order chi connectivity index (χ1) is 17.2. The molecular formula is C26H21ClF2N5O2+. The van der Waals surface area contributed by atoms with Gasteiger partial charge >= 0.3 is 11.9 Å². The zero-order valence-electron chi connectivity index (χ0n) is 19.1. The van der Waals surface area contributed by atoms with Crippen molar-refractivity contribution in [3.63, 3.8) is 0 Å². The van der Waals surface area contributed by atoms with Crippen molar-refractivity contribution < 1.29 is 24.0 Å². The topological polar surface area (TPSA) is 118 Å². The van der Waals surface area contributed by atoms with Gasteiger partial charge in [-0.25, -0.2) is 18.9 Å². The second-order valence-electron chi connectivity index (χ2n) is 8.83. The molecule has 0 fully saturated rings. The maximum absolute atomic E-state index is 14.9. The van der Waals surface area contributed by atoms with Crippen LogP contribution in [-0.2, 0) is 6.54 Å². The summed E-state index contributed by atoms with van der Waals surface area (Å²) in [4.78, 5) is 24.9. The molecule has 2 aliphatic rings. The van der Waals surface area contributed by atoms with Gasteiger partial charge in [0.25, 0.3) is 0 Å². The number of carboxylic acid groups (broad SMARTS) is 1. The Bertz CT molecular complexity index is 1480. The summed E-state index contributed by atoms with van der Waals surface area (Å²) < 4.78 is 29.8. The average Bonchev–Trinajstić information content (AvgIpc) is 2.93. The largest absolute Gasteiger partial charge is 0.478 e. The Balaban J connectivity index is 1.63. The predicted octanol–water partition coefficient (Wildman–Crippen LogP) is 4.48. The molecule has 36 heavy (non-hydrogen) atoms. The first-order valence-corrected chi connectivity index (χ1v) is 11.5. The van der Waals surface area contributed by atoms with Gasteiger partial charge in [-0.1, -0.05) is 23.7 Å². The molecule has 1 atom stereocenters. The van der Waals surface area contributed by atoms with E-state index < -0.39 is 23.0 Å². The highest BCUT2D eigenvalue weighted by molar-refractivity contribution is 6.30. The molecule has 0 saturated heterocycles. The van der Waals surface area contributed by atoms with E-state index in [-0.39, 0.29) is 35.6 Å². The lowest BCUT2D eigenvalue weighted by molar-refractivity contribution is -0.487. The summed E-state index contributed by atoms with van der Waals surface area (Å²) in [6.07, 6.45) is 3.78. The highest BCUT2D eigenvalue weighted by atomic mass is 35.5. The predicted molar refractivity (Wildman–Crippen MR) is 132 cm³/mol. The molecule has 0 bridgehead atoms. The van der Waals surface area contributed by atoms with Crippen LogP contribution in [-0.4, -0.2) is 26.8 Å². The molecule has 5 rings (SSSR count). The number of nitrogen functional groups attached to an aromatic ring is 1. The Morgan fingerprint density at radius 2 is 1.81 bits per heavy atom. The summed E-state index contributed by atoms with van der Waals surface area (Å²) in [5, 5.41) is 11.3. The molecule has 0 radical (unpaired) electrons. The molecule has 7 nitrogen and oxygen atoms in total. The van der Waals surface area contributed by atoms with Crippen molar-refractivity contribution >= 4 is 46.3 Å². The van der Waals surface area contributed by atoms with E-state index in [1.54, 1.807) is 29.6 Å². The fourth-order valence-electron chi connectivity index (χ4n) is 4.65. The van der Waals surface area contributed by atoms with E-state index in [1.807, 2.05) is 6.92 Å². The van der Waals surface area contributed by atoms with Crippen LogP contribution in [0.1, 0.15) is 40.5 Å². The smallest absolute Gasteiger partial charge is 0.335 e. The highest BCUT2D eigenvalue weighted by Gasteiger charge is 2.43. The fraction of sp³-hybridized carbons (Fsp3) is 0.154. The minimum atomic E-state index is -1.02. The number of allylic oxidation sites excluding steroid dienone is 4. The quantitative estimate of drug-likeness (QED) is 0.449. The van der Waals surface area contributed by atoms with Gasteiger partial charge in [0.15, 0.2) is 0 Å². The van der Waals surface area contributed by atoms with E-state index in [9.17, 15) is 13.6 Å². The Morgan fingerprint density at radius 3 is 2.47 bits per heavy atom. The van der Waals surface area contributed by atoms with Gasteiger partial charge in [0.2, 0.25) is 0 Å². The molecule has 10 heteroatoms. The van der Waals surface area contributed by atoms with E-state index in [2.05, 4.69) is 9.98 Å². The normalized spacial score (nSPS) is 18.8. The second-order valence-corrected chi connectivity index (χ2v) is 9.32. The standard InChI is InChI=1S/C26H20ClF2N5O2/c1-26-11-14(27)7-10-17(26)21-16(12-31-22(26)20-18(28)3-2-4-19(20)29)23(30)34-25(33-21)32-15-8-5-13(6-9-15)24(35)36/h2-10H,11-12H2,1H3,(H,35,36)(H3,30,32,33,34)/p+1. The van der Waals surface area contributed by atoms with Crippen LogP contribution in [0, 0.1) is 17.0 Å². The van der Waals surface area contributed by atoms with Crippen molar-refractivity contribution in [2.24, 2.45) is 10.4 Å². The number of anilines is 1. The fourth-order valence-corrected chi connectivity index (χ4v) is 4.98. The molecule has 1 aromatic heterocycles. The Labute approximate surface area is 210 Å². The lowest BCUT2D eigenvalue weighted by Crippen LogP contribution is -2.72. The number of fused-ring (bicyclic) bond motifs is 3. The first-order valence-electron chi connectivity index (χ1n) is 11.1. The van der Waals surface area contributed by atoms with E-state index in [0.717, 1.165) is 0 Å². The molecule has 182 valence electrons. The van der Waals surface area contributed by atoms with Gasteiger partial charge in [0.05, 0.1) is 29.1 Å². The maximum Gasteiger partial charge on any atom is 0.335 e. The van der Waals surface area contributed by atoms with Crippen LogP contribution in [0.2, 0.25) is 0 Å². The van der Waals surface area contributed by atoms with Crippen molar-refractivity contribution in [1.29, 1.82) is 0 Å². The van der Waals surface area contributed by atoms with Gasteiger partial charge < -0.3 is 10.8 Å². The molecular weight excluding hydrogens is 488 g/mol. The van der Waals surface area contributed by atoms with Crippen LogP contribution >= 0.6 is 11.6 Å². The van der Waals surface area contributed by atoms with Gasteiger partial charge in [0, 0.05) is 28.1 Å². The number of rotatable bonds is 4. The summed E-state index contributed by atoms with van der Waals surface area (Å²) in [7, 11) is 0. The monoisotopic (exact) mass is 508 g/mol. The third-order valence-corrected chi connectivity index (χ3v) is 6.69. The molecule has 2 heterocycles.